The van der Waals surface area contributed by atoms with Gasteiger partial charge >= 0.3 is 5.97 Å². The highest BCUT2D eigenvalue weighted by molar-refractivity contribution is 9.10. The Hall–Kier alpha value is -2.14. The number of hydrogen-bond donors (Lipinski definition) is 1. The highest BCUT2D eigenvalue weighted by atomic mass is 79.9. The van der Waals surface area contributed by atoms with Gasteiger partial charge in [0.1, 0.15) is 11.3 Å². The molecule has 3 aromatic rings. The maximum Gasteiger partial charge on any atom is 0.355 e. The fourth-order valence-electron chi connectivity index (χ4n) is 2.04. The van der Waals surface area contributed by atoms with Crippen molar-refractivity contribution in [2.24, 2.45) is 0 Å². The van der Waals surface area contributed by atoms with E-state index in [1.54, 1.807) is 22.7 Å². The molecular formula is C14H9BrN2O2. The molecule has 2 aromatic heterocycles. The van der Waals surface area contributed by atoms with E-state index in [9.17, 15) is 9.90 Å². The minimum absolute atomic E-state index is 0.175. The first kappa shape index (κ1) is 11.9. The number of imidazole rings is 1. The molecule has 5 heteroatoms. The third kappa shape index (κ3) is 2.02. The normalized spacial score (nSPS) is 10.8. The number of carboxylic acids is 1. The molecule has 94 valence electrons. The molecule has 0 aliphatic carbocycles. The number of hydrogen-bond acceptors (Lipinski definition) is 2. The number of carbonyl (C=O) groups is 1. The van der Waals surface area contributed by atoms with Crippen LogP contribution in [0.5, 0.6) is 0 Å². The second-order valence-electron chi connectivity index (χ2n) is 4.05. The number of halogens is 1. The van der Waals surface area contributed by atoms with Crippen molar-refractivity contribution in [2.75, 3.05) is 0 Å². The average Bonchev–Trinajstić information content (AvgIpc) is 2.78. The van der Waals surface area contributed by atoms with Gasteiger partial charge in [0.25, 0.3) is 0 Å². The summed E-state index contributed by atoms with van der Waals surface area (Å²) in [7, 11) is 0. The Morgan fingerprint density at radius 2 is 2.05 bits per heavy atom. The van der Waals surface area contributed by atoms with Crippen LogP contribution in [0.1, 0.15) is 10.5 Å². The molecular weight excluding hydrogens is 308 g/mol. The number of pyridine rings is 1. The van der Waals surface area contributed by atoms with Crippen LogP contribution in [0.15, 0.2) is 53.1 Å². The summed E-state index contributed by atoms with van der Waals surface area (Å²) >= 11 is 3.38. The lowest BCUT2D eigenvalue weighted by Crippen LogP contribution is -2.03. The number of carboxylic acid groups (broad SMARTS) is 1. The van der Waals surface area contributed by atoms with Crippen molar-refractivity contribution in [1.29, 1.82) is 0 Å². The maximum atomic E-state index is 11.5. The summed E-state index contributed by atoms with van der Waals surface area (Å²) in [6, 6.07) is 12.8. The lowest BCUT2D eigenvalue weighted by molar-refractivity contribution is 0.0690. The quantitative estimate of drug-likeness (QED) is 0.787. The van der Waals surface area contributed by atoms with Crippen molar-refractivity contribution < 1.29 is 9.90 Å². The van der Waals surface area contributed by atoms with Crippen LogP contribution in [-0.4, -0.2) is 20.5 Å². The van der Waals surface area contributed by atoms with Gasteiger partial charge in [-0.1, -0.05) is 34.1 Å². The molecule has 0 fully saturated rings. The van der Waals surface area contributed by atoms with E-state index in [-0.39, 0.29) is 5.69 Å². The summed E-state index contributed by atoms with van der Waals surface area (Å²) in [5.74, 6) is -0.992. The predicted octanol–water partition coefficient (Wildman–Crippen LogP) is 3.46. The van der Waals surface area contributed by atoms with Crippen LogP contribution in [-0.2, 0) is 0 Å². The van der Waals surface area contributed by atoms with Gasteiger partial charge in [0.2, 0.25) is 0 Å². The van der Waals surface area contributed by atoms with Crippen molar-refractivity contribution in [3.63, 3.8) is 0 Å². The van der Waals surface area contributed by atoms with Crippen LogP contribution in [0.25, 0.3) is 16.9 Å². The Bertz CT molecular complexity index is 780. The first-order chi connectivity index (χ1) is 9.16. The van der Waals surface area contributed by atoms with Crippen LogP contribution in [0.3, 0.4) is 0 Å². The molecule has 0 saturated carbocycles. The van der Waals surface area contributed by atoms with Gasteiger partial charge in [-0.05, 0) is 24.3 Å². The van der Waals surface area contributed by atoms with Crippen LogP contribution >= 0.6 is 15.9 Å². The van der Waals surface area contributed by atoms with E-state index < -0.39 is 5.97 Å². The van der Waals surface area contributed by atoms with Crippen molar-refractivity contribution in [3.8, 4) is 11.3 Å². The molecule has 0 unspecified atom stereocenters. The molecule has 0 radical (unpaired) electrons. The fraction of sp³-hybridized carbons (Fsp3) is 0. The monoisotopic (exact) mass is 316 g/mol. The van der Waals surface area contributed by atoms with Crippen LogP contribution in [0.4, 0.5) is 0 Å². The van der Waals surface area contributed by atoms with E-state index >= 15 is 0 Å². The summed E-state index contributed by atoms with van der Waals surface area (Å²) in [6.07, 6.45) is 1.70. The third-order valence-corrected chi connectivity index (χ3v) is 3.32. The Morgan fingerprint density at radius 3 is 2.79 bits per heavy atom. The smallest absolute Gasteiger partial charge is 0.355 e. The second kappa shape index (κ2) is 4.51. The van der Waals surface area contributed by atoms with Crippen molar-refractivity contribution in [2.45, 2.75) is 0 Å². The molecule has 0 aliphatic rings. The topological polar surface area (TPSA) is 54.6 Å². The summed E-state index contributed by atoms with van der Waals surface area (Å²) in [4.78, 5) is 15.9. The lowest BCUT2D eigenvalue weighted by Gasteiger charge is -2.00. The zero-order valence-electron chi connectivity index (χ0n) is 9.75. The summed E-state index contributed by atoms with van der Waals surface area (Å²) in [6.45, 7) is 0. The van der Waals surface area contributed by atoms with E-state index in [1.807, 2.05) is 30.3 Å². The van der Waals surface area contributed by atoms with Gasteiger partial charge in [0.05, 0.1) is 0 Å². The van der Waals surface area contributed by atoms with Crippen LogP contribution < -0.4 is 0 Å². The molecule has 0 atom stereocenters. The minimum atomic E-state index is -0.992. The average molecular weight is 317 g/mol. The van der Waals surface area contributed by atoms with Gasteiger partial charge in [-0.25, -0.2) is 9.78 Å². The first-order valence-corrected chi connectivity index (χ1v) is 6.42. The Balaban J connectivity index is 2.34. The zero-order valence-corrected chi connectivity index (χ0v) is 11.3. The summed E-state index contributed by atoms with van der Waals surface area (Å²) in [5, 5.41) is 9.41. The molecule has 0 amide bonds. The van der Waals surface area contributed by atoms with Gasteiger partial charge in [-0.3, -0.25) is 4.40 Å². The molecule has 0 spiro atoms. The van der Waals surface area contributed by atoms with Gasteiger partial charge in [0.15, 0.2) is 5.69 Å². The minimum Gasteiger partial charge on any atom is -0.476 e. The number of aromatic carboxylic acids is 1. The van der Waals surface area contributed by atoms with Gasteiger partial charge in [-0.2, -0.15) is 0 Å². The maximum absolute atomic E-state index is 11.5. The van der Waals surface area contributed by atoms with E-state index in [0.29, 0.717) is 11.3 Å². The van der Waals surface area contributed by atoms with E-state index in [0.717, 1.165) is 10.0 Å². The Labute approximate surface area is 117 Å². The highest BCUT2D eigenvalue weighted by Crippen LogP contribution is 2.26. The number of nitrogens with zero attached hydrogens (tertiary/aromatic N) is 2. The molecule has 1 aromatic carbocycles. The van der Waals surface area contributed by atoms with Crippen molar-refractivity contribution >= 4 is 27.5 Å². The molecule has 4 nitrogen and oxygen atoms in total. The second-order valence-corrected chi connectivity index (χ2v) is 4.97. The summed E-state index contributed by atoms with van der Waals surface area (Å²) < 4.78 is 2.47. The molecule has 0 saturated heterocycles. The van der Waals surface area contributed by atoms with Crippen LogP contribution in [0.2, 0.25) is 0 Å². The molecule has 19 heavy (non-hydrogen) atoms. The van der Waals surface area contributed by atoms with Crippen LogP contribution in [0, 0.1) is 0 Å². The van der Waals surface area contributed by atoms with E-state index in [4.69, 9.17) is 0 Å². The highest BCUT2D eigenvalue weighted by Gasteiger charge is 2.19. The predicted molar refractivity (Wildman–Crippen MR) is 75.3 cm³/mol. The number of aromatic nitrogens is 2. The van der Waals surface area contributed by atoms with E-state index in [1.165, 1.54) is 0 Å². The largest absolute Gasteiger partial charge is 0.476 e. The molecule has 1 N–H and O–H groups in total. The third-order valence-electron chi connectivity index (χ3n) is 2.83. The fourth-order valence-corrected chi connectivity index (χ4v) is 2.44. The van der Waals surface area contributed by atoms with Gasteiger partial charge < -0.3 is 5.11 Å². The number of fused-ring (bicyclic) bond motifs is 1. The first-order valence-electron chi connectivity index (χ1n) is 5.63. The molecule has 3 rings (SSSR count). The SMILES string of the molecule is O=C(O)c1c(-c2cccc(Br)c2)nc2ccccn12. The van der Waals surface area contributed by atoms with Gasteiger partial charge in [-0.15, -0.1) is 0 Å². The standard InChI is InChI=1S/C14H9BrN2O2/c15-10-5-3-4-9(8-10)12-13(14(18)19)17-7-2-1-6-11(17)16-12/h1-8H,(H,18,19). The molecule has 2 heterocycles. The van der Waals surface area contributed by atoms with E-state index in [2.05, 4.69) is 20.9 Å². The van der Waals surface area contributed by atoms with Crippen molar-refractivity contribution in [3.05, 3.63) is 58.8 Å². The number of rotatable bonds is 2. The molecule has 0 bridgehead atoms. The van der Waals surface area contributed by atoms with Crippen molar-refractivity contribution in [1.82, 2.24) is 9.38 Å². The Kier molecular flexibility index (Phi) is 2.83. The number of benzene rings is 1. The Morgan fingerprint density at radius 1 is 1.21 bits per heavy atom. The zero-order chi connectivity index (χ0) is 13.4. The lowest BCUT2D eigenvalue weighted by atomic mass is 10.1. The van der Waals surface area contributed by atoms with Gasteiger partial charge in [0, 0.05) is 16.2 Å². The summed E-state index contributed by atoms with van der Waals surface area (Å²) in [5.41, 5.74) is 2.04. The molecule has 0 aliphatic heterocycles.